The topological polar surface area (TPSA) is 54.4 Å². The summed E-state index contributed by atoms with van der Waals surface area (Å²) in [5, 5.41) is 11.7. The molecule has 1 N–H and O–H groups in total. The van der Waals surface area contributed by atoms with Crippen molar-refractivity contribution in [1.82, 2.24) is 0 Å². The van der Waals surface area contributed by atoms with Gasteiger partial charge in [0.15, 0.2) is 0 Å². The van der Waals surface area contributed by atoms with Crippen LogP contribution in [0.25, 0.3) is 0 Å². The average molecular weight is 347 g/mol. The van der Waals surface area contributed by atoms with E-state index in [9.17, 15) is 14.7 Å². The molecule has 0 radical (unpaired) electrons. The fourth-order valence-corrected chi connectivity index (χ4v) is 8.49. The molecule has 0 aromatic heterocycles. The Hall–Kier alpha value is -0.700. The molecule has 8 atom stereocenters. The number of ketones is 2. The van der Waals surface area contributed by atoms with Gasteiger partial charge in [-0.15, -0.1) is 0 Å². The molecule has 4 rings (SSSR count). The Labute approximate surface area is 151 Å². The molecule has 4 fully saturated rings. The minimum absolute atomic E-state index is 0.0514. The van der Waals surface area contributed by atoms with Gasteiger partial charge in [0.1, 0.15) is 11.6 Å². The van der Waals surface area contributed by atoms with E-state index < -0.39 is 5.60 Å². The van der Waals surface area contributed by atoms with Crippen molar-refractivity contribution in [3.8, 4) is 0 Å². The molecule has 0 saturated heterocycles. The first-order valence-corrected chi connectivity index (χ1v) is 10.3. The molecule has 3 nitrogen and oxygen atoms in total. The molecule has 4 saturated carbocycles. The standard InChI is InChI=1S/C22H34O3/c1-13(23)17-7-8-18-16-6-5-14-11-15(24)9-10-20(14,2)19(16)22(4,25)12-21(17,18)3/h14,16-19,25H,5-12H2,1-4H3/t14-,16+,17+,18-,19-,20+,21+,22+/m1/s1. The molecular formula is C22H34O3. The molecule has 0 heterocycles. The molecule has 3 heteroatoms. The van der Waals surface area contributed by atoms with Crippen molar-refractivity contribution in [3.63, 3.8) is 0 Å². The van der Waals surface area contributed by atoms with Crippen LogP contribution in [-0.2, 0) is 9.59 Å². The quantitative estimate of drug-likeness (QED) is 0.775. The Morgan fingerprint density at radius 2 is 1.80 bits per heavy atom. The fourth-order valence-electron chi connectivity index (χ4n) is 8.49. The van der Waals surface area contributed by atoms with Crippen molar-refractivity contribution in [2.45, 2.75) is 84.7 Å². The number of hydrogen-bond donors (Lipinski definition) is 1. The summed E-state index contributed by atoms with van der Waals surface area (Å²) in [4.78, 5) is 24.3. The lowest BCUT2D eigenvalue weighted by atomic mass is 9.41. The van der Waals surface area contributed by atoms with Gasteiger partial charge in [-0.25, -0.2) is 0 Å². The Bertz CT molecular complexity index is 608. The Kier molecular flexibility index (Phi) is 3.83. The third-order valence-corrected chi connectivity index (χ3v) is 9.16. The van der Waals surface area contributed by atoms with Crippen molar-refractivity contribution >= 4 is 11.6 Å². The Morgan fingerprint density at radius 3 is 2.48 bits per heavy atom. The van der Waals surface area contributed by atoms with Gasteiger partial charge in [0.25, 0.3) is 0 Å². The van der Waals surface area contributed by atoms with Crippen molar-refractivity contribution in [2.24, 2.45) is 40.4 Å². The summed E-state index contributed by atoms with van der Waals surface area (Å²) in [6.07, 6.45) is 7.46. The van der Waals surface area contributed by atoms with Crippen LogP contribution in [0.3, 0.4) is 0 Å². The molecule has 0 aliphatic heterocycles. The summed E-state index contributed by atoms with van der Waals surface area (Å²) in [6.45, 7) is 8.41. The van der Waals surface area contributed by atoms with E-state index in [-0.39, 0.29) is 22.7 Å². The maximum atomic E-state index is 12.3. The van der Waals surface area contributed by atoms with Crippen molar-refractivity contribution in [2.75, 3.05) is 0 Å². The van der Waals surface area contributed by atoms with Crippen molar-refractivity contribution in [3.05, 3.63) is 0 Å². The molecule has 4 aliphatic rings. The van der Waals surface area contributed by atoms with Gasteiger partial charge in [-0.05, 0) is 86.9 Å². The van der Waals surface area contributed by atoms with Gasteiger partial charge >= 0.3 is 0 Å². The Morgan fingerprint density at radius 1 is 1.08 bits per heavy atom. The summed E-state index contributed by atoms with van der Waals surface area (Å²) in [7, 11) is 0. The summed E-state index contributed by atoms with van der Waals surface area (Å²) in [6, 6.07) is 0. The highest BCUT2D eigenvalue weighted by Crippen LogP contribution is 2.69. The highest BCUT2D eigenvalue weighted by atomic mass is 16.3. The molecule has 4 aliphatic carbocycles. The number of fused-ring (bicyclic) bond motifs is 5. The van der Waals surface area contributed by atoms with Crippen LogP contribution in [0.1, 0.15) is 79.1 Å². The van der Waals surface area contributed by atoms with Gasteiger partial charge in [0, 0.05) is 18.8 Å². The van der Waals surface area contributed by atoms with Crippen molar-refractivity contribution in [1.29, 1.82) is 0 Å². The molecule has 0 spiro atoms. The van der Waals surface area contributed by atoms with Gasteiger partial charge in [-0.1, -0.05) is 13.8 Å². The molecular weight excluding hydrogens is 312 g/mol. The number of carbonyl (C=O) groups excluding carboxylic acids is 2. The average Bonchev–Trinajstić information content (AvgIpc) is 2.83. The van der Waals surface area contributed by atoms with Crippen LogP contribution in [0.5, 0.6) is 0 Å². The lowest BCUT2D eigenvalue weighted by Gasteiger charge is -2.64. The summed E-state index contributed by atoms with van der Waals surface area (Å²) >= 11 is 0. The molecule has 0 amide bonds. The molecule has 25 heavy (non-hydrogen) atoms. The van der Waals surface area contributed by atoms with E-state index in [0.717, 1.165) is 38.5 Å². The van der Waals surface area contributed by atoms with Crippen LogP contribution in [0, 0.1) is 40.4 Å². The molecule has 0 aromatic rings. The minimum atomic E-state index is -0.734. The van der Waals surface area contributed by atoms with Gasteiger partial charge in [-0.3, -0.25) is 9.59 Å². The SMILES string of the molecule is CC(=O)[C@@H]1CC[C@@H]2[C@@H]3CC[C@@H]4CC(=O)CC[C@]4(C)[C@@H]3[C@@](C)(O)C[C@]21C. The fraction of sp³-hybridized carbons (Fsp3) is 0.909. The van der Waals surface area contributed by atoms with E-state index in [1.54, 1.807) is 6.92 Å². The molecule has 140 valence electrons. The maximum Gasteiger partial charge on any atom is 0.133 e. The Balaban J connectivity index is 1.74. The highest BCUT2D eigenvalue weighted by molar-refractivity contribution is 5.80. The summed E-state index contributed by atoms with van der Waals surface area (Å²) < 4.78 is 0. The lowest BCUT2D eigenvalue weighted by molar-refractivity contribution is -0.213. The van der Waals surface area contributed by atoms with Crippen molar-refractivity contribution < 1.29 is 14.7 Å². The van der Waals surface area contributed by atoms with Crippen LogP contribution in [-0.4, -0.2) is 22.3 Å². The molecule has 0 aromatic carbocycles. The van der Waals surface area contributed by atoms with Gasteiger partial charge in [0.05, 0.1) is 5.60 Å². The van der Waals surface area contributed by atoms with E-state index in [2.05, 4.69) is 13.8 Å². The zero-order chi connectivity index (χ0) is 18.2. The van der Waals surface area contributed by atoms with E-state index in [0.29, 0.717) is 42.2 Å². The first-order valence-electron chi connectivity index (χ1n) is 10.3. The summed E-state index contributed by atoms with van der Waals surface area (Å²) in [5.41, 5.74) is -0.706. The maximum absolute atomic E-state index is 12.3. The largest absolute Gasteiger partial charge is 0.390 e. The monoisotopic (exact) mass is 346 g/mol. The van der Waals surface area contributed by atoms with E-state index in [1.807, 2.05) is 6.92 Å². The number of hydrogen-bond acceptors (Lipinski definition) is 3. The van der Waals surface area contributed by atoms with E-state index in [4.69, 9.17) is 0 Å². The predicted octanol–water partition coefficient (Wildman–Crippen LogP) is 4.16. The molecule has 0 unspecified atom stereocenters. The number of rotatable bonds is 1. The third-order valence-electron chi connectivity index (χ3n) is 9.16. The highest BCUT2D eigenvalue weighted by Gasteiger charge is 2.66. The van der Waals surface area contributed by atoms with Crippen LogP contribution < -0.4 is 0 Å². The normalized spacial score (nSPS) is 55.2. The van der Waals surface area contributed by atoms with Crippen LogP contribution in [0.15, 0.2) is 0 Å². The lowest BCUT2D eigenvalue weighted by Crippen LogP contribution is -2.63. The number of Topliss-reactive ketones (excluding diaryl/α,β-unsaturated/α-hetero) is 2. The first kappa shape index (κ1) is 17.7. The minimum Gasteiger partial charge on any atom is -0.390 e. The predicted molar refractivity (Wildman–Crippen MR) is 96.9 cm³/mol. The summed E-state index contributed by atoms with van der Waals surface area (Å²) in [5.74, 6) is 2.62. The van der Waals surface area contributed by atoms with Crippen LogP contribution in [0.2, 0.25) is 0 Å². The second-order valence-corrected chi connectivity index (χ2v) is 10.6. The first-order chi connectivity index (χ1) is 11.6. The zero-order valence-corrected chi connectivity index (χ0v) is 16.3. The van der Waals surface area contributed by atoms with E-state index in [1.165, 1.54) is 0 Å². The third kappa shape index (κ3) is 2.33. The number of aliphatic hydroxyl groups is 1. The number of carbonyl (C=O) groups is 2. The molecule has 0 bridgehead atoms. The second kappa shape index (κ2) is 5.41. The van der Waals surface area contributed by atoms with Crippen LogP contribution >= 0.6 is 0 Å². The smallest absolute Gasteiger partial charge is 0.133 e. The second-order valence-electron chi connectivity index (χ2n) is 10.6. The van der Waals surface area contributed by atoms with Crippen LogP contribution in [0.4, 0.5) is 0 Å². The van der Waals surface area contributed by atoms with Gasteiger partial charge in [0.2, 0.25) is 0 Å². The van der Waals surface area contributed by atoms with Gasteiger partial charge < -0.3 is 5.11 Å². The van der Waals surface area contributed by atoms with Gasteiger partial charge in [-0.2, -0.15) is 0 Å². The zero-order valence-electron chi connectivity index (χ0n) is 16.3. The van der Waals surface area contributed by atoms with E-state index >= 15 is 0 Å².